The summed E-state index contributed by atoms with van der Waals surface area (Å²) in [5.41, 5.74) is 4.25. The molecule has 0 atom stereocenters. The smallest absolute Gasteiger partial charge is 0.127 e. The largest absolute Gasteiger partial charge is 0.497 e. The van der Waals surface area contributed by atoms with E-state index in [0.29, 0.717) is 0 Å². The first-order valence-electron chi connectivity index (χ1n) is 8.76. The lowest BCUT2D eigenvalue weighted by Crippen LogP contribution is -1.94. The van der Waals surface area contributed by atoms with Gasteiger partial charge in [0.2, 0.25) is 0 Å². The van der Waals surface area contributed by atoms with Crippen molar-refractivity contribution in [3.8, 4) is 34.2 Å². The second-order valence-electron chi connectivity index (χ2n) is 6.28. The SMILES string of the molecule is COc1ccc(Oc2ccc(-c3ccn(-c4ccc(C)cc4)n3)cc2)cc1. The van der Waals surface area contributed by atoms with Gasteiger partial charge in [-0.15, -0.1) is 0 Å². The van der Waals surface area contributed by atoms with E-state index in [4.69, 9.17) is 9.47 Å². The molecule has 4 heteroatoms. The predicted octanol–water partition coefficient (Wildman–Crippen LogP) is 5.65. The lowest BCUT2D eigenvalue weighted by Gasteiger charge is -2.07. The molecule has 0 saturated carbocycles. The van der Waals surface area contributed by atoms with Crippen molar-refractivity contribution in [3.63, 3.8) is 0 Å². The molecule has 0 aliphatic heterocycles. The van der Waals surface area contributed by atoms with Crippen LogP contribution in [0.15, 0.2) is 85.1 Å². The molecule has 0 bridgehead atoms. The maximum absolute atomic E-state index is 5.87. The number of hydrogen-bond donors (Lipinski definition) is 0. The van der Waals surface area contributed by atoms with Crippen molar-refractivity contribution >= 4 is 0 Å². The van der Waals surface area contributed by atoms with Gasteiger partial charge in [-0.3, -0.25) is 0 Å². The molecule has 0 spiro atoms. The molecular formula is C23H20N2O2. The van der Waals surface area contributed by atoms with Crippen molar-refractivity contribution in [2.75, 3.05) is 7.11 Å². The maximum atomic E-state index is 5.87. The van der Waals surface area contributed by atoms with Gasteiger partial charge in [-0.1, -0.05) is 17.7 Å². The Morgan fingerprint density at radius 1 is 0.704 bits per heavy atom. The first-order valence-corrected chi connectivity index (χ1v) is 8.76. The number of ether oxygens (including phenoxy) is 2. The van der Waals surface area contributed by atoms with Crippen LogP contribution in [-0.4, -0.2) is 16.9 Å². The Balaban J connectivity index is 1.49. The van der Waals surface area contributed by atoms with Gasteiger partial charge < -0.3 is 9.47 Å². The third-order valence-electron chi connectivity index (χ3n) is 4.33. The zero-order chi connectivity index (χ0) is 18.6. The first kappa shape index (κ1) is 16.9. The highest BCUT2D eigenvalue weighted by molar-refractivity contribution is 5.60. The fourth-order valence-corrected chi connectivity index (χ4v) is 2.79. The first-order chi connectivity index (χ1) is 13.2. The second kappa shape index (κ2) is 7.38. The summed E-state index contributed by atoms with van der Waals surface area (Å²) in [6.07, 6.45) is 1.97. The standard InChI is InChI=1S/C23H20N2O2/c1-17-3-7-19(8-4-17)25-16-15-23(24-25)18-5-9-21(10-6-18)27-22-13-11-20(26-2)12-14-22/h3-16H,1-2H3. The quantitative estimate of drug-likeness (QED) is 0.464. The molecule has 1 aromatic heterocycles. The molecule has 0 N–H and O–H groups in total. The summed E-state index contributed by atoms with van der Waals surface area (Å²) < 4.78 is 12.9. The van der Waals surface area contributed by atoms with E-state index in [1.54, 1.807) is 7.11 Å². The van der Waals surface area contributed by atoms with E-state index < -0.39 is 0 Å². The lowest BCUT2D eigenvalue weighted by molar-refractivity contribution is 0.413. The number of benzene rings is 3. The molecular weight excluding hydrogens is 336 g/mol. The fraction of sp³-hybridized carbons (Fsp3) is 0.0870. The lowest BCUT2D eigenvalue weighted by atomic mass is 10.1. The molecule has 0 unspecified atom stereocenters. The topological polar surface area (TPSA) is 36.3 Å². The molecule has 4 rings (SSSR count). The molecule has 0 saturated heterocycles. The normalized spacial score (nSPS) is 10.6. The molecule has 0 aliphatic carbocycles. The van der Waals surface area contributed by atoms with E-state index in [1.165, 1.54) is 5.56 Å². The van der Waals surface area contributed by atoms with Gasteiger partial charge in [0.25, 0.3) is 0 Å². The monoisotopic (exact) mass is 356 g/mol. The average Bonchev–Trinajstić information content (AvgIpc) is 3.20. The van der Waals surface area contributed by atoms with Gasteiger partial charge in [0.05, 0.1) is 18.5 Å². The third kappa shape index (κ3) is 3.85. The summed E-state index contributed by atoms with van der Waals surface area (Å²) in [7, 11) is 1.65. The van der Waals surface area contributed by atoms with Crippen molar-refractivity contribution in [2.45, 2.75) is 6.92 Å². The Hall–Kier alpha value is -3.53. The van der Waals surface area contributed by atoms with Crippen LogP contribution in [0.1, 0.15) is 5.56 Å². The molecule has 0 aliphatic rings. The number of aromatic nitrogens is 2. The minimum absolute atomic E-state index is 0.771. The van der Waals surface area contributed by atoms with Crippen molar-refractivity contribution in [1.82, 2.24) is 9.78 Å². The molecule has 0 fully saturated rings. The van der Waals surface area contributed by atoms with Gasteiger partial charge in [-0.2, -0.15) is 5.10 Å². The van der Waals surface area contributed by atoms with Crippen molar-refractivity contribution in [3.05, 3.63) is 90.6 Å². The van der Waals surface area contributed by atoms with Crippen LogP contribution in [0.4, 0.5) is 0 Å². The Morgan fingerprint density at radius 2 is 1.30 bits per heavy atom. The number of methoxy groups -OCH3 is 1. The van der Waals surface area contributed by atoms with E-state index in [2.05, 4.69) is 36.3 Å². The van der Waals surface area contributed by atoms with Gasteiger partial charge in [-0.25, -0.2) is 4.68 Å². The Morgan fingerprint density at radius 3 is 1.93 bits per heavy atom. The van der Waals surface area contributed by atoms with Gasteiger partial charge >= 0.3 is 0 Å². The van der Waals surface area contributed by atoms with Crippen LogP contribution < -0.4 is 9.47 Å². The van der Waals surface area contributed by atoms with Crippen LogP contribution in [0.3, 0.4) is 0 Å². The predicted molar refractivity (Wildman–Crippen MR) is 107 cm³/mol. The molecule has 3 aromatic carbocycles. The van der Waals surface area contributed by atoms with Crippen LogP contribution in [0, 0.1) is 6.92 Å². The minimum Gasteiger partial charge on any atom is -0.497 e. The van der Waals surface area contributed by atoms with Crippen molar-refractivity contribution in [2.24, 2.45) is 0 Å². The zero-order valence-corrected chi connectivity index (χ0v) is 15.3. The summed E-state index contributed by atoms with van der Waals surface area (Å²) in [6, 6.07) is 25.8. The number of aryl methyl sites for hydroxylation is 1. The molecule has 134 valence electrons. The third-order valence-corrected chi connectivity index (χ3v) is 4.33. The van der Waals surface area contributed by atoms with Gasteiger partial charge in [0.1, 0.15) is 17.2 Å². The van der Waals surface area contributed by atoms with Crippen LogP contribution in [-0.2, 0) is 0 Å². The second-order valence-corrected chi connectivity index (χ2v) is 6.28. The zero-order valence-electron chi connectivity index (χ0n) is 15.3. The summed E-state index contributed by atoms with van der Waals surface area (Å²) in [5.74, 6) is 2.36. The van der Waals surface area contributed by atoms with Crippen LogP contribution in [0.5, 0.6) is 17.2 Å². The highest BCUT2D eigenvalue weighted by Gasteiger charge is 2.05. The number of nitrogens with zero attached hydrogens (tertiary/aromatic N) is 2. The van der Waals surface area contributed by atoms with E-state index in [9.17, 15) is 0 Å². The Labute approximate surface area is 158 Å². The average molecular weight is 356 g/mol. The Bertz CT molecular complexity index is 1020. The van der Waals surface area contributed by atoms with Crippen molar-refractivity contribution < 1.29 is 9.47 Å². The summed E-state index contributed by atoms with van der Waals surface area (Å²) in [4.78, 5) is 0. The maximum Gasteiger partial charge on any atom is 0.127 e. The molecule has 4 aromatic rings. The van der Waals surface area contributed by atoms with E-state index in [-0.39, 0.29) is 0 Å². The molecule has 27 heavy (non-hydrogen) atoms. The van der Waals surface area contributed by atoms with E-state index in [0.717, 1.165) is 34.2 Å². The minimum atomic E-state index is 0.771. The summed E-state index contributed by atoms with van der Waals surface area (Å²) >= 11 is 0. The summed E-state index contributed by atoms with van der Waals surface area (Å²) in [6.45, 7) is 2.08. The van der Waals surface area contributed by atoms with Crippen LogP contribution in [0.25, 0.3) is 16.9 Å². The van der Waals surface area contributed by atoms with Gasteiger partial charge in [0, 0.05) is 11.8 Å². The van der Waals surface area contributed by atoms with E-state index >= 15 is 0 Å². The Kier molecular flexibility index (Phi) is 4.62. The van der Waals surface area contributed by atoms with Gasteiger partial charge in [-0.05, 0) is 73.7 Å². The van der Waals surface area contributed by atoms with Crippen molar-refractivity contribution in [1.29, 1.82) is 0 Å². The highest BCUT2D eigenvalue weighted by atomic mass is 16.5. The number of hydrogen-bond acceptors (Lipinski definition) is 3. The molecule has 1 heterocycles. The molecule has 0 amide bonds. The van der Waals surface area contributed by atoms with Crippen LogP contribution in [0.2, 0.25) is 0 Å². The molecule has 4 nitrogen and oxygen atoms in total. The van der Waals surface area contributed by atoms with E-state index in [1.807, 2.05) is 65.5 Å². The molecule has 0 radical (unpaired) electrons. The number of rotatable bonds is 5. The highest BCUT2D eigenvalue weighted by Crippen LogP contribution is 2.26. The van der Waals surface area contributed by atoms with Gasteiger partial charge in [0.15, 0.2) is 0 Å². The van der Waals surface area contributed by atoms with Crippen LogP contribution >= 0.6 is 0 Å². The summed E-state index contributed by atoms with van der Waals surface area (Å²) in [5, 5.41) is 4.68. The fourth-order valence-electron chi connectivity index (χ4n) is 2.79.